The molecule has 0 aliphatic rings. The Hall–Kier alpha value is -1.26. The van der Waals surface area contributed by atoms with Crippen LogP contribution in [0.5, 0.6) is 11.5 Å². The van der Waals surface area contributed by atoms with Gasteiger partial charge < -0.3 is 20.9 Å². The van der Waals surface area contributed by atoms with Crippen LogP contribution in [0.1, 0.15) is 76.8 Å². The minimum absolute atomic E-state index is 0.184. The summed E-state index contributed by atoms with van der Waals surface area (Å²) in [7, 11) is 0. The van der Waals surface area contributed by atoms with Crippen molar-refractivity contribution in [2.24, 2.45) is 11.5 Å². The first-order valence-corrected chi connectivity index (χ1v) is 9.57. The van der Waals surface area contributed by atoms with Crippen molar-refractivity contribution in [3.63, 3.8) is 0 Å². The second kappa shape index (κ2) is 13.1. The molecule has 1 rings (SSSR count). The van der Waals surface area contributed by atoms with Gasteiger partial charge in [0.1, 0.15) is 11.5 Å². The highest BCUT2D eigenvalue weighted by atomic mass is 16.5. The lowest BCUT2D eigenvalue weighted by Crippen LogP contribution is -2.20. The topological polar surface area (TPSA) is 70.5 Å². The van der Waals surface area contributed by atoms with E-state index in [1.54, 1.807) is 0 Å². The maximum Gasteiger partial charge on any atom is 0.123 e. The molecule has 1 aromatic rings. The molecule has 4 nitrogen and oxygen atoms in total. The van der Waals surface area contributed by atoms with Gasteiger partial charge in [-0.2, -0.15) is 0 Å². The lowest BCUT2D eigenvalue weighted by Gasteiger charge is -2.15. The Morgan fingerprint density at radius 1 is 0.792 bits per heavy atom. The highest BCUT2D eigenvalue weighted by Crippen LogP contribution is 2.26. The summed E-state index contributed by atoms with van der Waals surface area (Å²) in [5, 5.41) is 0. The van der Waals surface area contributed by atoms with Crippen molar-refractivity contribution in [2.45, 2.75) is 71.3 Å². The van der Waals surface area contributed by atoms with Gasteiger partial charge in [-0.1, -0.05) is 52.4 Å². The van der Waals surface area contributed by atoms with Gasteiger partial charge in [0.15, 0.2) is 0 Å². The predicted molar refractivity (Wildman–Crippen MR) is 102 cm³/mol. The lowest BCUT2D eigenvalue weighted by molar-refractivity contribution is 0.289. The SMILES string of the molecule is CCCCCCOc1cc(OCCCCCC)cc(C(N)CN)c1. The summed E-state index contributed by atoms with van der Waals surface area (Å²) in [6.07, 6.45) is 9.55. The molecule has 1 aromatic carbocycles. The summed E-state index contributed by atoms with van der Waals surface area (Å²) in [5.74, 6) is 1.66. The molecule has 0 aliphatic heterocycles. The van der Waals surface area contributed by atoms with E-state index in [2.05, 4.69) is 13.8 Å². The highest BCUT2D eigenvalue weighted by Gasteiger charge is 2.09. The van der Waals surface area contributed by atoms with E-state index in [9.17, 15) is 0 Å². The third-order valence-electron chi connectivity index (χ3n) is 4.12. The van der Waals surface area contributed by atoms with Crippen molar-refractivity contribution in [2.75, 3.05) is 19.8 Å². The zero-order chi connectivity index (χ0) is 17.6. The first-order valence-electron chi connectivity index (χ1n) is 9.57. The molecular formula is C20H36N2O2. The Morgan fingerprint density at radius 2 is 1.29 bits per heavy atom. The minimum atomic E-state index is -0.184. The van der Waals surface area contributed by atoms with Crippen LogP contribution in [0.3, 0.4) is 0 Å². The van der Waals surface area contributed by atoms with Crippen LogP contribution in [0.25, 0.3) is 0 Å². The number of ether oxygens (including phenoxy) is 2. The Labute approximate surface area is 147 Å². The maximum atomic E-state index is 6.08. The van der Waals surface area contributed by atoms with E-state index in [0.29, 0.717) is 6.54 Å². The standard InChI is InChI=1S/C20H36N2O2/c1-3-5-7-9-11-23-18-13-17(20(22)16-21)14-19(15-18)24-12-10-8-6-4-2/h13-15,20H,3-12,16,21-22H2,1-2H3. The Morgan fingerprint density at radius 3 is 1.71 bits per heavy atom. The van der Waals surface area contributed by atoms with E-state index in [1.165, 1.54) is 38.5 Å². The summed E-state index contributed by atoms with van der Waals surface area (Å²) in [5.41, 5.74) is 12.8. The smallest absolute Gasteiger partial charge is 0.123 e. The van der Waals surface area contributed by atoms with Crippen molar-refractivity contribution in [3.8, 4) is 11.5 Å². The van der Waals surface area contributed by atoms with Crippen LogP contribution in [0.2, 0.25) is 0 Å². The average molecular weight is 337 g/mol. The molecule has 1 atom stereocenters. The van der Waals surface area contributed by atoms with Crippen LogP contribution < -0.4 is 20.9 Å². The number of benzene rings is 1. The first-order chi connectivity index (χ1) is 11.7. The number of hydrogen-bond acceptors (Lipinski definition) is 4. The molecule has 0 saturated heterocycles. The maximum absolute atomic E-state index is 6.08. The second-order valence-electron chi connectivity index (χ2n) is 6.40. The molecule has 0 saturated carbocycles. The summed E-state index contributed by atoms with van der Waals surface area (Å²) in [4.78, 5) is 0. The van der Waals surface area contributed by atoms with Gasteiger partial charge in [0.25, 0.3) is 0 Å². The average Bonchev–Trinajstić information content (AvgIpc) is 2.60. The molecule has 4 N–H and O–H groups in total. The molecule has 4 heteroatoms. The first kappa shape index (κ1) is 20.8. The lowest BCUT2D eigenvalue weighted by atomic mass is 10.1. The van der Waals surface area contributed by atoms with E-state index in [4.69, 9.17) is 20.9 Å². The molecule has 1 unspecified atom stereocenters. The third kappa shape index (κ3) is 8.55. The zero-order valence-corrected chi connectivity index (χ0v) is 15.6. The Bertz CT molecular complexity index is 405. The number of unbranched alkanes of at least 4 members (excludes halogenated alkanes) is 6. The van der Waals surface area contributed by atoms with E-state index in [-0.39, 0.29) is 6.04 Å². The fourth-order valence-corrected chi connectivity index (χ4v) is 2.55. The molecule has 0 aromatic heterocycles. The summed E-state index contributed by atoms with van der Waals surface area (Å²) < 4.78 is 11.8. The molecule has 0 fully saturated rings. The number of rotatable bonds is 14. The molecule has 0 spiro atoms. The minimum Gasteiger partial charge on any atom is -0.493 e. The van der Waals surface area contributed by atoms with Crippen molar-refractivity contribution in [1.82, 2.24) is 0 Å². The third-order valence-corrected chi connectivity index (χ3v) is 4.12. The Balaban J connectivity index is 2.59. The summed E-state index contributed by atoms with van der Waals surface area (Å²) in [6, 6.07) is 5.76. The van der Waals surface area contributed by atoms with Crippen LogP contribution in [0.4, 0.5) is 0 Å². The molecular weight excluding hydrogens is 300 g/mol. The van der Waals surface area contributed by atoms with Gasteiger partial charge in [-0.05, 0) is 30.5 Å². The summed E-state index contributed by atoms with van der Waals surface area (Å²) in [6.45, 7) is 6.30. The fourth-order valence-electron chi connectivity index (χ4n) is 2.55. The number of hydrogen-bond donors (Lipinski definition) is 2. The van der Waals surface area contributed by atoms with Gasteiger partial charge in [-0.3, -0.25) is 0 Å². The molecule has 0 aliphatic carbocycles. The van der Waals surface area contributed by atoms with Crippen LogP contribution in [-0.2, 0) is 0 Å². The van der Waals surface area contributed by atoms with Gasteiger partial charge in [-0.15, -0.1) is 0 Å². The van der Waals surface area contributed by atoms with Crippen LogP contribution >= 0.6 is 0 Å². The monoisotopic (exact) mass is 336 g/mol. The van der Waals surface area contributed by atoms with E-state index in [1.807, 2.05) is 18.2 Å². The van der Waals surface area contributed by atoms with Crippen LogP contribution in [-0.4, -0.2) is 19.8 Å². The van der Waals surface area contributed by atoms with E-state index >= 15 is 0 Å². The van der Waals surface area contributed by atoms with Crippen molar-refractivity contribution in [3.05, 3.63) is 23.8 Å². The van der Waals surface area contributed by atoms with Crippen LogP contribution in [0, 0.1) is 0 Å². The van der Waals surface area contributed by atoms with Crippen LogP contribution in [0.15, 0.2) is 18.2 Å². The normalized spacial score (nSPS) is 12.2. The fraction of sp³-hybridized carbons (Fsp3) is 0.700. The number of nitrogens with two attached hydrogens (primary N) is 2. The highest BCUT2D eigenvalue weighted by molar-refractivity contribution is 5.40. The van der Waals surface area contributed by atoms with Crippen molar-refractivity contribution < 1.29 is 9.47 Å². The molecule has 0 heterocycles. The zero-order valence-electron chi connectivity index (χ0n) is 15.6. The molecule has 0 amide bonds. The van der Waals surface area contributed by atoms with Crippen molar-refractivity contribution >= 4 is 0 Å². The van der Waals surface area contributed by atoms with Gasteiger partial charge in [0.2, 0.25) is 0 Å². The van der Waals surface area contributed by atoms with Gasteiger partial charge in [0.05, 0.1) is 13.2 Å². The quantitative estimate of drug-likeness (QED) is 0.488. The molecule has 138 valence electrons. The molecule has 0 bridgehead atoms. The Kier molecular flexibility index (Phi) is 11.3. The molecule has 24 heavy (non-hydrogen) atoms. The van der Waals surface area contributed by atoms with Gasteiger partial charge >= 0.3 is 0 Å². The van der Waals surface area contributed by atoms with Gasteiger partial charge in [-0.25, -0.2) is 0 Å². The molecule has 0 radical (unpaired) electrons. The van der Waals surface area contributed by atoms with E-state index < -0.39 is 0 Å². The largest absolute Gasteiger partial charge is 0.493 e. The van der Waals surface area contributed by atoms with E-state index in [0.717, 1.165) is 43.1 Å². The summed E-state index contributed by atoms with van der Waals surface area (Å²) >= 11 is 0. The second-order valence-corrected chi connectivity index (χ2v) is 6.40. The van der Waals surface area contributed by atoms with Crippen molar-refractivity contribution in [1.29, 1.82) is 0 Å². The van der Waals surface area contributed by atoms with Gasteiger partial charge in [0, 0.05) is 18.7 Å². The predicted octanol–water partition coefficient (Wildman–Crippen LogP) is 4.56.